The van der Waals surface area contributed by atoms with Crippen molar-refractivity contribution in [2.75, 3.05) is 0 Å². The average Bonchev–Trinajstić information content (AvgIpc) is 2.85. The van der Waals surface area contributed by atoms with Crippen molar-refractivity contribution in [2.24, 2.45) is 0 Å². The summed E-state index contributed by atoms with van der Waals surface area (Å²) in [4.78, 5) is 0. The van der Waals surface area contributed by atoms with Crippen molar-refractivity contribution in [2.45, 2.75) is 19.3 Å². The van der Waals surface area contributed by atoms with Crippen LogP contribution in [0.3, 0.4) is 0 Å². The maximum atomic E-state index is 13.8. The third-order valence-corrected chi connectivity index (χ3v) is 3.66. The van der Waals surface area contributed by atoms with E-state index in [4.69, 9.17) is 16.3 Å². The Balaban J connectivity index is 2.02. The Morgan fingerprint density at radius 2 is 1.95 bits per heavy atom. The molecule has 1 heterocycles. The Morgan fingerprint density at radius 1 is 1.16 bits per heavy atom. The highest BCUT2D eigenvalue weighted by Crippen LogP contribution is 2.32. The predicted octanol–water partition coefficient (Wildman–Crippen LogP) is 3.59. The van der Waals surface area contributed by atoms with E-state index >= 15 is 0 Å². The molecule has 0 saturated carbocycles. The molecule has 1 unspecified atom stereocenters. The Morgan fingerprint density at radius 3 is 2.74 bits per heavy atom. The third-order valence-electron chi connectivity index (χ3n) is 3.33. The molecule has 0 spiro atoms. The van der Waals surface area contributed by atoms with Crippen LogP contribution in [0.4, 0.5) is 4.39 Å². The van der Waals surface area contributed by atoms with Gasteiger partial charge in [0.1, 0.15) is 11.9 Å². The molecule has 0 fully saturated rings. The van der Waals surface area contributed by atoms with Crippen LogP contribution in [0, 0.1) is 5.82 Å². The van der Waals surface area contributed by atoms with Gasteiger partial charge in [0.2, 0.25) is 0 Å². The SMILES string of the molecule is OC(c1ccc2c(c1)COC2)c1c(F)cccc1Cl. The molecule has 2 aromatic rings. The molecule has 0 radical (unpaired) electrons. The van der Waals surface area contributed by atoms with Gasteiger partial charge in [-0.15, -0.1) is 0 Å². The smallest absolute Gasteiger partial charge is 0.130 e. The van der Waals surface area contributed by atoms with Crippen molar-refractivity contribution in [1.29, 1.82) is 0 Å². The van der Waals surface area contributed by atoms with E-state index in [1.54, 1.807) is 12.1 Å². The lowest BCUT2D eigenvalue weighted by Crippen LogP contribution is -2.04. The van der Waals surface area contributed by atoms with Crippen LogP contribution in [0.2, 0.25) is 5.02 Å². The molecule has 1 atom stereocenters. The first-order valence-electron chi connectivity index (χ1n) is 5.98. The van der Waals surface area contributed by atoms with Crippen LogP contribution in [0.25, 0.3) is 0 Å². The molecule has 0 aromatic heterocycles. The Bertz CT molecular complexity index is 607. The molecule has 0 saturated heterocycles. The molecule has 0 bridgehead atoms. The van der Waals surface area contributed by atoms with Crippen LogP contribution < -0.4 is 0 Å². The molecule has 1 N–H and O–H groups in total. The summed E-state index contributed by atoms with van der Waals surface area (Å²) < 4.78 is 19.1. The fourth-order valence-corrected chi connectivity index (χ4v) is 2.57. The van der Waals surface area contributed by atoms with E-state index in [0.717, 1.165) is 11.1 Å². The van der Waals surface area contributed by atoms with Crippen molar-refractivity contribution in [3.05, 3.63) is 69.5 Å². The van der Waals surface area contributed by atoms with Gasteiger partial charge >= 0.3 is 0 Å². The molecule has 4 heteroatoms. The van der Waals surface area contributed by atoms with Gasteiger partial charge in [0, 0.05) is 10.6 Å². The Labute approximate surface area is 115 Å². The van der Waals surface area contributed by atoms with Gasteiger partial charge in [-0.3, -0.25) is 0 Å². The zero-order chi connectivity index (χ0) is 13.4. The number of aliphatic hydroxyl groups excluding tert-OH is 1. The molecular weight excluding hydrogens is 267 g/mol. The van der Waals surface area contributed by atoms with Gasteiger partial charge in [-0.05, 0) is 28.8 Å². The number of hydrogen-bond acceptors (Lipinski definition) is 2. The number of rotatable bonds is 2. The van der Waals surface area contributed by atoms with Gasteiger partial charge in [-0.1, -0.05) is 35.9 Å². The highest BCUT2D eigenvalue weighted by atomic mass is 35.5. The number of benzene rings is 2. The summed E-state index contributed by atoms with van der Waals surface area (Å²) in [7, 11) is 0. The molecule has 0 amide bonds. The van der Waals surface area contributed by atoms with E-state index in [9.17, 15) is 9.50 Å². The van der Waals surface area contributed by atoms with Crippen LogP contribution in [-0.2, 0) is 18.0 Å². The first kappa shape index (κ1) is 12.6. The summed E-state index contributed by atoms with van der Waals surface area (Å²) in [6.07, 6.45) is -1.07. The van der Waals surface area contributed by atoms with Crippen LogP contribution in [0.5, 0.6) is 0 Å². The molecule has 98 valence electrons. The minimum absolute atomic E-state index is 0.114. The second kappa shape index (κ2) is 4.93. The summed E-state index contributed by atoms with van der Waals surface area (Å²) in [5.74, 6) is -0.503. The van der Waals surface area contributed by atoms with E-state index in [2.05, 4.69) is 0 Å². The van der Waals surface area contributed by atoms with Crippen molar-refractivity contribution >= 4 is 11.6 Å². The van der Waals surface area contributed by atoms with Gasteiger partial charge in [0.05, 0.1) is 13.2 Å². The van der Waals surface area contributed by atoms with Gasteiger partial charge in [0.15, 0.2) is 0 Å². The summed E-state index contributed by atoms with van der Waals surface area (Å²) in [6.45, 7) is 1.12. The first-order valence-corrected chi connectivity index (χ1v) is 6.36. The lowest BCUT2D eigenvalue weighted by Gasteiger charge is -2.15. The van der Waals surface area contributed by atoms with Crippen LogP contribution in [0.15, 0.2) is 36.4 Å². The van der Waals surface area contributed by atoms with Crippen molar-refractivity contribution in [1.82, 2.24) is 0 Å². The lowest BCUT2D eigenvalue weighted by atomic mass is 9.97. The monoisotopic (exact) mass is 278 g/mol. The van der Waals surface area contributed by atoms with E-state index in [1.165, 1.54) is 12.1 Å². The van der Waals surface area contributed by atoms with E-state index in [1.807, 2.05) is 12.1 Å². The quantitative estimate of drug-likeness (QED) is 0.910. The number of aliphatic hydroxyl groups is 1. The molecular formula is C15H12ClFO2. The number of halogens is 2. The molecule has 1 aliphatic rings. The number of ether oxygens (including phenoxy) is 1. The van der Waals surface area contributed by atoms with Gasteiger partial charge in [0.25, 0.3) is 0 Å². The zero-order valence-corrected chi connectivity index (χ0v) is 10.8. The molecule has 0 aliphatic carbocycles. The van der Waals surface area contributed by atoms with Gasteiger partial charge in [-0.2, -0.15) is 0 Å². The Hall–Kier alpha value is -1.42. The first-order chi connectivity index (χ1) is 9.16. The van der Waals surface area contributed by atoms with Crippen molar-refractivity contribution in [3.63, 3.8) is 0 Å². The minimum atomic E-state index is -1.07. The van der Waals surface area contributed by atoms with E-state index in [-0.39, 0.29) is 10.6 Å². The van der Waals surface area contributed by atoms with Crippen molar-refractivity contribution < 1.29 is 14.2 Å². The topological polar surface area (TPSA) is 29.5 Å². The largest absolute Gasteiger partial charge is 0.383 e. The number of fused-ring (bicyclic) bond motifs is 1. The van der Waals surface area contributed by atoms with Crippen LogP contribution in [-0.4, -0.2) is 5.11 Å². The molecule has 2 aromatic carbocycles. The minimum Gasteiger partial charge on any atom is -0.383 e. The summed E-state index contributed by atoms with van der Waals surface area (Å²) in [5, 5.41) is 10.5. The maximum absolute atomic E-state index is 13.8. The van der Waals surface area contributed by atoms with Gasteiger partial charge in [-0.25, -0.2) is 4.39 Å². The normalized spacial score (nSPS) is 15.3. The highest BCUT2D eigenvalue weighted by molar-refractivity contribution is 6.31. The van der Waals surface area contributed by atoms with E-state index < -0.39 is 11.9 Å². The summed E-state index contributed by atoms with van der Waals surface area (Å²) in [6, 6.07) is 9.90. The fourth-order valence-electron chi connectivity index (χ4n) is 2.30. The molecule has 3 rings (SSSR count). The zero-order valence-electron chi connectivity index (χ0n) is 10.1. The fraction of sp³-hybridized carbons (Fsp3) is 0.200. The Kier molecular flexibility index (Phi) is 3.27. The standard InChI is InChI=1S/C15H12ClFO2/c16-12-2-1-3-13(17)14(12)15(18)9-4-5-10-7-19-8-11(10)6-9/h1-6,15,18H,7-8H2. The molecule has 1 aliphatic heterocycles. The molecule has 19 heavy (non-hydrogen) atoms. The number of hydrogen-bond donors (Lipinski definition) is 1. The van der Waals surface area contributed by atoms with Gasteiger partial charge < -0.3 is 9.84 Å². The van der Waals surface area contributed by atoms with Crippen LogP contribution in [0.1, 0.15) is 28.4 Å². The average molecular weight is 279 g/mol. The van der Waals surface area contributed by atoms with Crippen LogP contribution >= 0.6 is 11.6 Å². The third kappa shape index (κ3) is 2.25. The highest BCUT2D eigenvalue weighted by Gasteiger charge is 2.20. The van der Waals surface area contributed by atoms with Crippen molar-refractivity contribution in [3.8, 4) is 0 Å². The predicted molar refractivity (Wildman–Crippen MR) is 70.4 cm³/mol. The molecule has 2 nitrogen and oxygen atoms in total. The summed E-state index contributed by atoms with van der Waals surface area (Å²) >= 11 is 5.97. The lowest BCUT2D eigenvalue weighted by molar-refractivity contribution is 0.134. The maximum Gasteiger partial charge on any atom is 0.130 e. The second-order valence-electron chi connectivity index (χ2n) is 4.56. The van der Waals surface area contributed by atoms with E-state index in [0.29, 0.717) is 18.8 Å². The summed E-state index contributed by atoms with van der Waals surface area (Å²) in [5.41, 5.74) is 2.87. The second-order valence-corrected chi connectivity index (χ2v) is 4.97.